The van der Waals surface area contributed by atoms with Gasteiger partial charge in [0.1, 0.15) is 0 Å². The molecule has 0 aliphatic carbocycles. The maximum Gasteiger partial charge on any atom is 0.358 e. The topological polar surface area (TPSA) is 91.0 Å². The van der Waals surface area contributed by atoms with Gasteiger partial charge in [-0.2, -0.15) is 10.2 Å². The van der Waals surface area contributed by atoms with Crippen LogP contribution < -0.4 is 5.32 Å². The number of amides is 1. The van der Waals surface area contributed by atoms with Crippen LogP contribution in [-0.4, -0.2) is 38.5 Å². The van der Waals surface area contributed by atoms with E-state index in [1.165, 1.54) is 11.8 Å². The molecule has 8 heteroatoms. The van der Waals surface area contributed by atoms with E-state index in [0.717, 1.165) is 0 Å². The Morgan fingerprint density at radius 2 is 1.95 bits per heavy atom. The summed E-state index contributed by atoms with van der Waals surface area (Å²) in [6.07, 6.45) is 1.67. The van der Waals surface area contributed by atoms with Gasteiger partial charge in [0.15, 0.2) is 5.69 Å². The van der Waals surface area contributed by atoms with Crippen LogP contribution in [0.15, 0.2) is 6.20 Å². The highest BCUT2D eigenvalue weighted by Gasteiger charge is 2.24. The van der Waals surface area contributed by atoms with Crippen LogP contribution in [0.5, 0.6) is 0 Å². The van der Waals surface area contributed by atoms with Crippen molar-refractivity contribution in [2.75, 3.05) is 12.4 Å². The minimum atomic E-state index is -0.556. The Labute approximate surface area is 128 Å². The first-order chi connectivity index (χ1) is 10.4. The molecule has 0 saturated heterocycles. The van der Waals surface area contributed by atoms with Crippen molar-refractivity contribution >= 4 is 17.6 Å². The molecular weight excluding hydrogens is 286 g/mol. The summed E-state index contributed by atoms with van der Waals surface area (Å²) in [4.78, 5) is 24.3. The molecule has 2 aromatic rings. The summed E-state index contributed by atoms with van der Waals surface area (Å²) in [6, 6.07) is 0. The maximum absolute atomic E-state index is 12.4. The second kappa shape index (κ2) is 6.00. The van der Waals surface area contributed by atoms with Gasteiger partial charge in [-0.1, -0.05) is 0 Å². The highest BCUT2D eigenvalue weighted by Crippen LogP contribution is 2.21. The second-order valence-electron chi connectivity index (χ2n) is 4.86. The van der Waals surface area contributed by atoms with E-state index in [1.54, 1.807) is 31.8 Å². The first kappa shape index (κ1) is 15.7. The average molecular weight is 305 g/mol. The van der Waals surface area contributed by atoms with Crippen LogP contribution in [0, 0.1) is 13.8 Å². The van der Waals surface area contributed by atoms with E-state index in [9.17, 15) is 9.59 Å². The highest BCUT2D eigenvalue weighted by atomic mass is 16.5. The van der Waals surface area contributed by atoms with Crippen molar-refractivity contribution in [1.29, 1.82) is 0 Å². The number of carbonyl (C=O) groups excluding carboxylic acids is 2. The highest BCUT2D eigenvalue weighted by molar-refractivity contribution is 6.08. The Morgan fingerprint density at radius 1 is 1.27 bits per heavy atom. The van der Waals surface area contributed by atoms with Gasteiger partial charge < -0.3 is 10.1 Å². The van der Waals surface area contributed by atoms with Gasteiger partial charge in [0.2, 0.25) is 0 Å². The fraction of sp³-hybridized carbons (Fsp3) is 0.429. The van der Waals surface area contributed by atoms with Gasteiger partial charge in [-0.15, -0.1) is 0 Å². The van der Waals surface area contributed by atoms with Crippen molar-refractivity contribution in [2.24, 2.45) is 7.05 Å². The van der Waals surface area contributed by atoms with Crippen molar-refractivity contribution in [3.05, 3.63) is 28.8 Å². The quantitative estimate of drug-likeness (QED) is 0.860. The maximum atomic E-state index is 12.4. The molecule has 1 amide bonds. The molecule has 2 aromatic heterocycles. The van der Waals surface area contributed by atoms with Crippen LogP contribution in [0.25, 0.3) is 0 Å². The summed E-state index contributed by atoms with van der Waals surface area (Å²) >= 11 is 0. The lowest BCUT2D eigenvalue weighted by Crippen LogP contribution is -2.17. The number of aromatic nitrogens is 4. The molecule has 2 rings (SSSR count). The minimum Gasteiger partial charge on any atom is -0.464 e. The number of esters is 1. The number of hydrogen-bond acceptors (Lipinski definition) is 5. The van der Waals surface area contributed by atoms with Crippen molar-refractivity contribution in [1.82, 2.24) is 19.6 Å². The fourth-order valence-electron chi connectivity index (χ4n) is 2.22. The Kier molecular flexibility index (Phi) is 4.30. The lowest BCUT2D eigenvalue weighted by Gasteiger charge is -2.06. The first-order valence-electron chi connectivity index (χ1n) is 6.86. The number of rotatable bonds is 4. The number of ether oxygens (including phenoxy) is 1. The van der Waals surface area contributed by atoms with E-state index in [-0.39, 0.29) is 11.6 Å². The molecule has 0 bridgehead atoms. The van der Waals surface area contributed by atoms with Gasteiger partial charge in [0, 0.05) is 19.8 Å². The number of anilines is 1. The van der Waals surface area contributed by atoms with E-state index in [2.05, 4.69) is 15.5 Å². The SMILES string of the molecule is CCn1cc(C(=O)Nc2c(C)nn(C)c2C(=O)OC)c(C)n1. The van der Waals surface area contributed by atoms with Gasteiger partial charge in [0.05, 0.1) is 29.7 Å². The van der Waals surface area contributed by atoms with Gasteiger partial charge >= 0.3 is 5.97 Å². The molecule has 0 saturated carbocycles. The lowest BCUT2D eigenvalue weighted by molar-refractivity contribution is 0.0589. The number of nitrogens with zero attached hydrogens (tertiary/aromatic N) is 4. The molecule has 118 valence electrons. The van der Waals surface area contributed by atoms with Crippen LogP contribution in [0.1, 0.15) is 39.2 Å². The third kappa shape index (κ3) is 2.72. The zero-order valence-electron chi connectivity index (χ0n) is 13.3. The minimum absolute atomic E-state index is 0.203. The first-order valence-corrected chi connectivity index (χ1v) is 6.86. The molecule has 1 N–H and O–H groups in total. The van der Waals surface area contributed by atoms with Crippen LogP contribution >= 0.6 is 0 Å². The molecule has 0 atom stereocenters. The molecule has 0 radical (unpaired) electrons. The molecular formula is C14H19N5O3. The van der Waals surface area contributed by atoms with Crippen molar-refractivity contribution in [3.8, 4) is 0 Å². The van der Waals surface area contributed by atoms with E-state index >= 15 is 0 Å². The Balaban J connectivity index is 2.36. The zero-order valence-corrected chi connectivity index (χ0v) is 13.3. The van der Waals surface area contributed by atoms with E-state index < -0.39 is 5.97 Å². The molecule has 0 fully saturated rings. The number of carbonyl (C=O) groups is 2. The third-order valence-electron chi connectivity index (χ3n) is 3.35. The Hall–Kier alpha value is -2.64. The van der Waals surface area contributed by atoms with E-state index in [4.69, 9.17) is 4.74 Å². The zero-order chi connectivity index (χ0) is 16.4. The molecule has 2 heterocycles. The van der Waals surface area contributed by atoms with Crippen LogP contribution in [-0.2, 0) is 18.3 Å². The third-order valence-corrected chi connectivity index (χ3v) is 3.35. The number of nitrogens with one attached hydrogen (secondary N) is 1. The predicted octanol–water partition coefficient (Wildman–Crippen LogP) is 1.29. The molecule has 22 heavy (non-hydrogen) atoms. The summed E-state index contributed by atoms with van der Waals surface area (Å²) in [5, 5.41) is 11.1. The molecule has 0 aliphatic rings. The fourth-order valence-corrected chi connectivity index (χ4v) is 2.22. The van der Waals surface area contributed by atoms with Gasteiger partial charge in [-0.05, 0) is 20.8 Å². The monoisotopic (exact) mass is 305 g/mol. The number of aryl methyl sites for hydroxylation is 4. The van der Waals surface area contributed by atoms with Crippen molar-refractivity contribution < 1.29 is 14.3 Å². The normalized spacial score (nSPS) is 10.6. The summed E-state index contributed by atoms with van der Waals surface area (Å²) in [7, 11) is 2.90. The Morgan fingerprint density at radius 3 is 2.50 bits per heavy atom. The largest absolute Gasteiger partial charge is 0.464 e. The smallest absolute Gasteiger partial charge is 0.358 e. The van der Waals surface area contributed by atoms with Gasteiger partial charge in [-0.25, -0.2) is 4.79 Å². The van der Waals surface area contributed by atoms with E-state index in [0.29, 0.717) is 29.2 Å². The molecule has 0 aromatic carbocycles. The summed E-state index contributed by atoms with van der Waals surface area (Å²) in [5.41, 5.74) is 2.18. The average Bonchev–Trinajstić information content (AvgIpc) is 2.98. The number of methoxy groups -OCH3 is 1. The van der Waals surface area contributed by atoms with Gasteiger partial charge in [-0.3, -0.25) is 14.2 Å². The standard InChI is InChI=1S/C14H19N5O3/c1-6-19-7-10(8(2)17-19)13(20)15-11-9(3)16-18(4)12(11)14(21)22-5/h7H,6H2,1-5H3,(H,15,20). The number of hydrogen-bond donors (Lipinski definition) is 1. The van der Waals surface area contributed by atoms with Crippen molar-refractivity contribution in [2.45, 2.75) is 27.3 Å². The molecule has 0 spiro atoms. The van der Waals surface area contributed by atoms with E-state index in [1.807, 2.05) is 6.92 Å². The summed E-state index contributed by atoms with van der Waals surface area (Å²) in [5.74, 6) is -0.891. The van der Waals surface area contributed by atoms with Crippen molar-refractivity contribution in [3.63, 3.8) is 0 Å². The predicted molar refractivity (Wildman–Crippen MR) is 79.9 cm³/mol. The second-order valence-corrected chi connectivity index (χ2v) is 4.86. The Bertz CT molecular complexity index is 729. The van der Waals surface area contributed by atoms with Crippen LogP contribution in [0.2, 0.25) is 0 Å². The summed E-state index contributed by atoms with van der Waals surface area (Å²) < 4.78 is 7.81. The molecule has 8 nitrogen and oxygen atoms in total. The van der Waals surface area contributed by atoms with Crippen LogP contribution in [0.4, 0.5) is 5.69 Å². The van der Waals surface area contributed by atoms with Crippen LogP contribution in [0.3, 0.4) is 0 Å². The molecule has 0 unspecified atom stereocenters. The lowest BCUT2D eigenvalue weighted by atomic mass is 10.2. The summed E-state index contributed by atoms with van der Waals surface area (Å²) in [6.45, 7) is 6.09. The van der Waals surface area contributed by atoms with Gasteiger partial charge in [0.25, 0.3) is 5.91 Å². The molecule has 0 aliphatic heterocycles.